The number of Topliss-reactive ketones (excluding diaryl/α,β-unsaturated/α-hetero) is 1. The third-order valence-corrected chi connectivity index (χ3v) is 11.3. The van der Waals surface area contributed by atoms with E-state index in [0.717, 1.165) is 75.7 Å². The molecule has 0 saturated carbocycles. The molecule has 53 heavy (non-hydrogen) atoms. The van der Waals surface area contributed by atoms with E-state index in [1.165, 1.54) is 18.4 Å². The number of aliphatic carboxylic acids is 1. The monoisotopic (exact) mass is 724 g/mol. The Morgan fingerprint density at radius 1 is 1.00 bits per heavy atom. The van der Waals surface area contributed by atoms with Crippen LogP contribution in [0.2, 0.25) is 0 Å². The van der Waals surface area contributed by atoms with Gasteiger partial charge in [0.2, 0.25) is 0 Å². The predicted octanol–water partition coefficient (Wildman–Crippen LogP) is 7.14. The molecule has 9 heteroatoms. The first-order valence-corrected chi connectivity index (χ1v) is 18.9. The van der Waals surface area contributed by atoms with Crippen LogP contribution >= 0.6 is 0 Å². The molecule has 3 atom stereocenters. The number of nitrogens with zero attached hydrogens (tertiary/aromatic N) is 4. The second kappa shape index (κ2) is 16.7. The van der Waals surface area contributed by atoms with E-state index >= 15 is 0 Å². The van der Waals surface area contributed by atoms with E-state index in [-0.39, 0.29) is 34.9 Å². The molecule has 0 spiro atoms. The molecular formula is C44H52MgN4O4-2. The van der Waals surface area contributed by atoms with Crippen LogP contribution in [0.1, 0.15) is 128 Å². The predicted molar refractivity (Wildman–Crippen MR) is 214 cm³/mol. The molecule has 1 fully saturated rings. The number of carbonyl (C=O) groups is 2. The van der Waals surface area contributed by atoms with Gasteiger partial charge in [0, 0.05) is 12.2 Å². The van der Waals surface area contributed by atoms with Crippen molar-refractivity contribution in [3.05, 3.63) is 102 Å². The van der Waals surface area contributed by atoms with Gasteiger partial charge in [0.05, 0.1) is 6.61 Å². The quantitative estimate of drug-likeness (QED) is 0.0862. The molecule has 8 bridgehead atoms. The molecule has 0 aromatic carbocycles. The molecule has 6 rings (SSSR count). The molecule has 276 valence electrons. The van der Waals surface area contributed by atoms with Gasteiger partial charge in [-0.25, -0.2) is 0 Å². The molecule has 3 aromatic rings. The second-order valence-electron chi connectivity index (χ2n) is 15.2. The number of hydrogen-bond donors (Lipinski definition) is 1. The summed E-state index contributed by atoms with van der Waals surface area (Å²) in [6.45, 7) is 22.1. The summed E-state index contributed by atoms with van der Waals surface area (Å²) in [5.74, 6) is -2.45. The van der Waals surface area contributed by atoms with Crippen LogP contribution < -0.4 is 25.7 Å². The molecule has 0 amide bonds. The van der Waals surface area contributed by atoms with Gasteiger partial charge in [-0.05, 0) is 83.1 Å². The largest absolute Gasteiger partial charge is 2.00 e. The molecule has 0 radical (unpaired) electrons. The van der Waals surface area contributed by atoms with Gasteiger partial charge < -0.3 is 30.1 Å². The van der Waals surface area contributed by atoms with E-state index in [1.807, 2.05) is 38.2 Å². The van der Waals surface area contributed by atoms with Crippen LogP contribution in [0.4, 0.5) is 0 Å². The van der Waals surface area contributed by atoms with Gasteiger partial charge in [-0.3, -0.25) is 9.59 Å². The minimum absolute atomic E-state index is 0. The summed E-state index contributed by atoms with van der Waals surface area (Å²) in [7, 11) is 0. The number of carbonyl (C=O) groups excluding carboxylic acids is 1. The van der Waals surface area contributed by atoms with E-state index in [0.29, 0.717) is 52.9 Å². The number of carboxylic acid groups (broad SMARTS) is 1. The fraction of sp³-hybridized carbons (Fsp3) is 0.455. The number of ether oxygens (including phenoxy) is 1. The topological polar surface area (TPSA) is 120 Å². The number of fused-ring (bicyclic) bond motifs is 7. The van der Waals surface area contributed by atoms with Crippen LogP contribution in [0.15, 0.2) is 29.6 Å². The van der Waals surface area contributed by atoms with Crippen molar-refractivity contribution in [1.82, 2.24) is 15.0 Å². The number of allylic oxidation sites excluding steroid dienone is 3. The van der Waals surface area contributed by atoms with E-state index in [2.05, 4.69) is 54.2 Å². The van der Waals surface area contributed by atoms with Gasteiger partial charge in [0.25, 0.3) is 0 Å². The minimum Gasteiger partial charge on any atom is -0.664 e. The number of ketones is 1. The summed E-state index contributed by atoms with van der Waals surface area (Å²) < 4.78 is 6.06. The second-order valence-corrected chi connectivity index (χ2v) is 15.2. The Labute approximate surface area is 330 Å². The molecule has 3 aliphatic rings. The van der Waals surface area contributed by atoms with Gasteiger partial charge >= 0.3 is 29.0 Å². The number of carboxylic acids is 1. The zero-order chi connectivity index (χ0) is 37.4. The zero-order valence-electron chi connectivity index (χ0n) is 32.7. The van der Waals surface area contributed by atoms with Crippen molar-refractivity contribution < 1.29 is 19.4 Å². The number of rotatable bonds is 13. The minimum atomic E-state index is -1.36. The van der Waals surface area contributed by atoms with Gasteiger partial charge in [0.1, 0.15) is 5.92 Å². The van der Waals surface area contributed by atoms with E-state index in [1.54, 1.807) is 0 Å². The van der Waals surface area contributed by atoms with Crippen molar-refractivity contribution in [2.75, 3.05) is 13.2 Å². The summed E-state index contributed by atoms with van der Waals surface area (Å²) >= 11 is 0. The van der Waals surface area contributed by atoms with E-state index < -0.39 is 17.7 Å². The Kier molecular flexibility index (Phi) is 12.7. The van der Waals surface area contributed by atoms with Crippen molar-refractivity contribution in [1.29, 1.82) is 0 Å². The van der Waals surface area contributed by atoms with E-state index in [9.17, 15) is 14.7 Å². The van der Waals surface area contributed by atoms with Crippen LogP contribution in [-0.2, 0) is 16.0 Å². The Morgan fingerprint density at radius 3 is 2.40 bits per heavy atom. The maximum absolute atomic E-state index is 14.0. The van der Waals surface area contributed by atoms with Crippen molar-refractivity contribution in [2.45, 2.75) is 93.9 Å². The average Bonchev–Trinajstić information content (AvgIpc) is 3.83. The summed E-state index contributed by atoms with van der Waals surface area (Å²) in [6.07, 6.45) is 15.7. The Morgan fingerprint density at radius 2 is 1.72 bits per heavy atom. The molecule has 5 heterocycles. The first kappa shape index (κ1) is 40.4. The molecule has 1 aliphatic carbocycles. The third kappa shape index (κ3) is 7.75. The van der Waals surface area contributed by atoms with Gasteiger partial charge in [-0.2, -0.15) is 11.4 Å². The first-order chi connectivity index (χ1) is 24.9. The Bertz CT molecular complexity index is 2140. The van der Waals surface area contributed by atoms with Crippen LogP contribution in [0, 0.1) is 44.4 Å². The van der Waals surface area contributed by atoms with Crippen molar-refractivity contribution in [2.24, 2.45) is 23.7 Å². The average molecular weight is 725 g/mol. The maximum atomic E-state index is 14.0. The van der Waals surface area contributed by atoms with Gasteiger partial charge in [0.15, 0.2) is 5.78 Å². The van der Waals surface area contributed by atoms with Crippen LogP contribution in [0.5, 0.6) is 0 Å². The summed E-state index contributed by atoms with van der Waals surface area (Å²) in [5, 5.41) is 17.3. The fourth-order valence-electron chi connectivity index (χ4n) is 8.12. The molecule has 0 unspecified atom stereocenters. The molecule has 1 N–H and O–H groups in total. The van der Waals surface area contributed by atoms with Crippen LogP contribution in [-0.4, -0.2) is 53.1 Å². The normalized spacial score (nSPS) is 22.8. The standard InChI is InChI=1S/C44H54N4O4.Mg/c1-10-29-25(6)32-20-34-27(8)31(16-13-18-52-19-17-24(5)15-12-14-23(3)4)41(47-34)39-40(44(50)51)43(49)38-28(9)35(48-42(38)39)22-37-30(11-2)26(7)33(46-37)21-36(29)45-32;/h10,17,20-23,27,31,40H,1,11-16,18-19H2,2-9H3,(H3,47,48,49,50,51);/q-2;+2/p-2/b24-17+,33-21-,34-20-,37-22-;/t27-,31-,40+;/m0./s1. The summed E-state index contributed by atoms with van der Waals surface area (Å²) in [5.41, 5.74) is 11.0. The summed E-state index contributed by atoms with van der Waals surface area (Å²) in [4.78, 5) is 42.0. The molecule has 1 saturated heterocycles. The molecule has 3 aromatic heterocycles. The summed E-state index contributed by atoms with van der Waals surface area (Å²) in [6, 6.07) is 0. The SMILES string of the molecule is C=Cc1c2[n-]c(c1C)/C=C1\[N-]/C(=C3\c4[n-]c(c(C)c4C(=O)[C@@H]3C(=O)O)/C=c3\[n-]/c(c(C)c3CC)=C\2)[C@@H](CCCOC/C=C(\C)CCCC(C)C)[C@@H]1C.[Mg+2]. The van der Waals surface area contributed by atoms with Crippen molar-refractivity contribution in [3.8, 4) is 0 Å². The fourth-order valence-corrected chi connectivity index (χ4v) is 8.12. The van der Waals surface area contributed by atoms with Crippen molar-refractivity contribution >= 4 is 64.7 Å². The van der Waals surface area contributed by atoms with Gasteiger partial charge in [-0.15, -0.1) is 33.5 Å². The first-order valence-electron chi connectivity index (χ1n) is 18.9. The number of hydrogen-bond acceptors (Lipinski definition) is 3. The zero-order valence-corrected chi connectivity index (χ0v) is 34.1. The van der Waals surface area contributed by atoms with Crippen LogP contribution in [0.3, 0.4) is 0 Å². The van der Waals surface area contributed by atoms with Gasteiger partial charge in [-0.1, -0.05) is 104 Å². The van der Waals surface area contributed by atoms with Crippen molar-refractivity contribution in [3.63, 3.8) is 0 Å². The third-order valence-electron chi connectivity index (χ3n) is 11.3. The Balaban J connectivity index is 0.00000541. The maximum Gasteiger partial charge on any atom is 2.00 e. The smallest absolute Gasteiger partial charge is 0.664 e. The molecule has 2 aliphatic heterocycles. The molecular weight excluding hydrogens is 673 g/mol. The van der Waals surface area contributed by atoms with Crippen LogP contribution in [0.25, 0.3) is 35.2 Å². The van der Waals surface area contributed by atoms with E-state index in [4.69, 9.17) is 25.0 Å². The number of aromatic nitrogens is 3. The molecule has 8 nitrogen and oxygen atoms in total. The Hall–Kier alpha value is -3.79.